The number of nitrogens with zero attached hydrogens (tertiary/aromatic N) is 1. The first kappa shape index (κ1) is 16.5. The molecule has 1 aromatic heterocycles. The quantitative estimate of drug-likeness (QED) is 0.873. The van der Waals surface area contributed by atoms with Crippen molar-refractivity contribution in [3.63, 3.8) is 0 Å². The molecule has 0 aromatic carbocycles. The smallest absolute Gasteiger partial charge is 0.349 e. The van der Waals surface area contributed by atoms with Crippen molar-refractivity contribution in [3.8, 4) is 0 Å². The number of hydrogen-bond acceptors (Lipinski definition) is 3. The number of aldehydes is 1. The lowest BCUT2D eigenvalue weighted by Gasteiger charge is -2.33. The van der Waals surface area contributed by atoms with Crippen LogP contribution in [0.5, 0.6) is 0 Å². The van der Waals surface area contributed by atoms with Crippen molar-refractivity contribution in [2.75, 3.05) is 0 Å². The SMILES string of the molecule is CC1(C=O)CCC(NC(=O)c2cncc(C(F)(F)F)c2)CC1. The molecule has 1 N–H and O–H groups in total. The van der Waals surface area contributed by atoms with Crippen molar-refractivity contribution in [2.24, 2.45) is 5.41 Å². The van der Waals surface area contributed by atoms with Crippen LogP contribution in [0.15, 0.2) is 18.5 Å². The third kappa shape index (κ3) is 3.84. The highest BCUT2D eigenvalue weighted by molar-refractivity contribution is 5.94. The molecule has 120 valence electrons. The minimum Gasteiger partial charge on any atom is -0.349 e. The van der Waals surface area contributed by atoms with E-state index in [1.54, 1.807) is 0 Å². The molecule has 0 radical (unpaired) electrons. The first-order valence-electron chi connectivity index (χ1n) is 7.03. The zero-order valence-electron chi connectivity index (χ0n) is 12.1. The molecule has 0 aliphatic heterocycles. The second-order valence-electron chi connectivity index (χ2n) is 5.98. The van der Waals surface area contributed by atoms with Crippen LogP contribution in [0.2, 0.25) is 0 Å². The second-order valence-corrected chi connectivity index (χ2v) is 5.98. The summed E-state index contributed by atoms with van der Waals surface area (Å²) in [4.78, 5) is 26.5. The fourth-order valence-corrected chi connectivity index (χ4v) is 2.53. The summed E-state index contributed by atoms with van der Waals surface area (Å²) in [7, 11) is 0. The minimum atomic E-state index is -4.53. The Morgan fingerprint density at radius 1 is 1.36 bits per heavy atom. The first-order chi connectivity index (χ1) is 10.2. The molecule has 0 bridgehead atoms. The third-order valence-corrected chi connectivity index (χ3v) is 4.08. The summed E-state index contributed by atoms with van der Waals surface area (Å²) in [5.41, 5.74) is -1.42. The van der Waals surface area contributed by atoms with Gasteiger partial charge in [0.05, 0.1) is 11.1 Å². The van der Waals surface area contributed by atoms with Crippen LogP contribution < -0.4 is 5.32 Å². The van der Waals surface area contributed by atoms with Gasteiger partial charge in [-0.3, -0.25) is 9.78 Å². The van der Waals surface area contributed by atoms with Crippen LogP contribution in [0.4, 0.5) is 13.2 Å². The van der Waals surface area contributed by atoms with E-state index in [1.807, 2.05) is 6.92 Å². The van der Waals surface area contributed by atoms with E-state index in [1.165, 1.54) is 0 Å². The first-order valence-corrected chi connectivity index (χ1v) is 7.03. The van der Waals surface area contributed by atoms with Gasteiger partial charge in [-0.2, -0.15) is 13.2 Å². The molecular weight excluding hydrogens is 297 g/mol. The molecule has 0 spiro atoms. The summed E-state index contributed by atoms with van der Waals surface area (Å²) in [6.45, 7) is 1.87. The fourth-order valence-electron chi connectivity index (χ4n) is 2.53. The number of carbonyl (C=O) groups is 2. The zero-order chi connectivity index (χ0) is 16.4. The monoisotopic (exact) mass is 314 g/mol. The molecule has 0 unspecified atom stereocenters. The Kier molecular flexibility index (Phi) is 4.53. The molecule has 7 heteroatoms. The Bertz CT molecular complexity index is 564. The van der Waals surface area contributed by atoms with E-state index >= 15 is 0 Å². The number of halogens is 3. The topological polar surface area (TPSA) is 59.1 Å². The Hall–Kier alpha value is -1.92. The van der Waals surface area contributed by atoms with Crippen LogP contribution in [0.3, 0.4) is 0 Å². The number of alkyl halides is 3. The molecule has 0 atom stereocenters. The van der Waals surface area contributed by atoms with Gasteiger partial charge in [0.25, 0.3) is 5.91 Å². The predicted octanol–water partition coefficient (Wildman–Crippen LogP) is 2.98. The van der Waals surface area contributed by atoms with E-state index in [2.05, 4.69) is 10.3 Å². The lowest BCUT2D eigenvalue weighted by Crippen LogP contribution is -2.40. The molecule has 1 fully saturated rings. The lowest BCUT2D eigenvalue weighted by atomic mass is 9.75. The van der Waals surface area contributed by atoms with Crippen molar-refractivity contribution >= 4 is 12.2 Å². The van der Waals surface area contributed by atoms with Crippen LogP contribution >= 0.6 is 0 Å². The molecule has 2 rings (SSSR count). The highest BCUT2D eigenvalue weighted by Gasteiger charge is 2.33. The summed E-state index contributed by atoms with van der Waals surface area (Å²) < 4.78 is 37.8. The molecule has 1 saturated carbocycles. The van der Waals surface area contributed by atoms with Crippen molar-refractivity contribution in [2.45, 2.75) is 44.8 Å². The highest BCUT2D eigenvalue weighted by Crippen LogP contribution is 2.34. The number of aromatic nitrogens is 1. The molecule has 1 aliphatic rings. The van der Waals surface area contributed by atoms with Crippen LogP contribution in [-0.2, 0) is 11.0 Å². The zero-order valence-corrected chi connectivity index (χ0v) is 12.1. The van der Waals surface area contributed by atoms with E-state index in [0.29, 0.717) is 31.9 Å². The predicted molar refractivity (Wildman–Crippen MR) is 73.1 cm³/mol. The molecule has 22 heavy (non-hydrogen) atoms. The minimum absolute atomic E-state index is 0.112. The summed E-state index contributed by atoms with van der Waals surface area (Å²) in [6.07, 6.45) is 0.781. The van der Waals surface area contributed by atoms with Gasteiger partial charge in [-0.1, -0.05) is 6.92 Å². The Morgan fingerprint density at radius 3 is 2.55 bits per heavy atom. The van der Waals surface area contributed by atoms with Crippen LogP contribution in [-0.4, -0.2) is 23.2 Å². The van der Waals surface area contributed by atoms with Crippen LogP contribution in [0.1, 0.15) is 48.5 Å². The van der Waals surface area contributed by atoms with E-state index in [4.69, 9.17) is 0 Å². The summed E-state index contributed by atoms with van der Waals surface area (Å²) in [5.74, 6) is -0.571. The van der Waals surface area contributed by atoms with Gasteiger partial charge in [0.15, 0.2) is 0 Å². The summed E-state index contributed by atoms with van der Waals surface area (Å²) >= 11 is 0. The van der Waals surface area contributed by atoms with Crippen LogP contribution in [0.25, 0.3) is 0 Å². The van der Waals surface area contributed by atoms with Gasteiger partial charge in [-0.25, -0.2) is 0 Å². The van der Waals surface area contributed by atoms with Gasteiger partial charge in [0, 0.05) is 23.9 Å². The summed E-state index contributed by atoms with van der Waals surface area (Å²) in [5, 5.41) is 2.71. The van der Waals surface area contributed by atoms with Crippen molar-refractivity contribution < 1.29 is 22.8 Å². The largest absolute Gasteiger partial charge is 0.417 e. The van der Waals surface area contributed by atoms with E-state index in [-0.39, 0.29) is 17.0 Å². The van der Waals surface area contributed by atoms with Crippen LogP contribution in [0, 0.1) is 5.41 Å². The lowest BCUT2D eigenvalue weighted by molar-refractivity contribution is -0.137. The average molecular weight is 314 g/mol. The number of nitrogens with one attached hydrogen (secondary N) is 1. The fraction of sp³-hybridized carbons (Fsp3) is 0.533. The number of carbonyl (C=O) groups excluding carboxylic acids is 2. The molecule has 0 saturated heterocycles. The average Bonchev–Trinajstić information content (AvgIpc) is 2.49. The number of amides is 1. The molecule has 1 amide bonds. The second kappa shape index (κ2) is 6.06. The Balaban J connectivity index is 2.00. The standard InChI is InChI=1S/C15H17F3N2O2/c1-14(9-21)4-2-12(3-5-14)20-13(22)10-6-11(8-19-7-10)15(16,17)18/h6-9,12H,2-5H2,1H3,(H,20,22). The summed E-state index contributed by atoms with van der Waals surface area (Å²) in [6, 6.07) is 0.663. The molecule has 1 aliphatic carbocycles. The third-order valence-electron chi connectivity index (χ3n) is 4.08. The highest BCUT2D eigenvalue weighted by atomic mass is 19.4. The van der Waals surface area contributed by atoms with Crippen molar-refractivity contribution in [3.05, 3.63) is 29.6 Å². The molecule has 4 nitrogen and oxygen atoms in total. The van der Waals surface area contributed by atoms with Gasteiger partial charge in [0.1, 0.15) is 6.29 Å². The maximum atomic E-state index is 12.6. The number of rotatable bonds is 3. The Morgan fingerprint density at radius 2 is 2.00 bits per heavy atom. The molecular formula is C15H17F3N2O2. The number of hydrogen-bond donors (Lipinski definition) is 1. The van der Waals surface area contributed by atoms with Crippen molar-refractivity contribution in [1.82, 2.24) is 10.3 Å². The maximum Gasteiger partial charge on any atom is 0.417 e. The van der Waals surface area contributed by atoms with Gasteiger partial charge in [0.2, 0.25) is 0 Å². The molecule has 1 heterocycles. The van der Waals surface area contributed by atoms with Gasteiger partial charge < -0.3 is 10.1 Å². The van der Waals surface area contributed by atoms with E-state index in [0.717, 1.165) is 18.5 Å². The van der Waals surface area contributed by atoms with E-state index < -0.39 is 17.6 Å². The van der Waals surface area contributed by atoms with Gasteiger partial charge in [-0.05, 0) is 31.7 Å². The van der Waals surface area contributed by atoms with E-state index in [9.17, 15) is 22.8 Å². The molecule has 1 aromatic rings. The van der Waals surface area contributed by atoms with Gasteiger partial charge >= 0.3 is 6.18 Å². The van der Waals surface area contributed by atoms with Gasteiger partial charge in [-0.15, -0.1) is 0 Å². The van der Waals surface area contributed by atoms with Crippen molar-refractivity contribution in [1.29, 1.82) is 0 Å². The Labute approximate surface area is 126 Å². The number of pyridine rings is 1. The maximum absolute atomic E-state index is 12.6. The normalized spacial score (nSPS) is 25.5.